The summed E-state index contributed by atoms with van der Waals surface area (Å²) in [5.74, 6) is 0.226. The van der Waals surface area contributed by atoms with Gasteiger partial charge in [0.15, 0.2) is 5.96 Å². The first-order valence-electron chi connectivity index (χ1n) is 7.95. The molecule has 0 bridgehead atoms. The van der Waals surface area contributed by atoms with Gasteiger partial charge >= 0.3 is 6.36 Å². The normalized spacial score (nSPS) is 13.3. The van der Waals surface area contributed by atoms with E-state index in [1.807, 2.05) is 24.4 Å². The number of guanidine groups is 1. The van der Waals surface area contributed by atoms with E-state index in [4.69, 9.17) is 0 Å². The number of alkyl halides is 3. The van der Waals surface area contributed by atoms with E-state index in [-0.39, 0.29) is 12.3 Å². The van der Waals surface area contributed by atoms with Gasteiger partial charge in [-0.15, -0.1) is 24.5 Å². The molecule has 0 radical (unpaired) electrons. The first-order chi connectivity index (χ1) is 12.4. The number of nitrogens with zero attached hydrogens (tertiary/aromatic N) is 1. The number of rotatable bonds is 7. The molecule has 5 nitrogen and oxygen atoms in total. The zero-order valence-corrected chi connectivity index (χ0v) is 14.9. The fraction of sp³-hybridized carbons (Fsp3) is 0.353. The van der Waals surface area contributed by atoms with Crippen LogP contribution in [0.15, 0.2) is 46.8 Å². The van der Waals surface area contributed by atoms with Crippen molar-refractivity contribution in [3.8, 4) is 5.75 Å². The highest BCUT2D eigenvalue weighted by atomic mass is 32.1. The summed E-state index contributed by atoms with van der Waals surface area (Å²) in [5.41, 5.74) is 0.473. The Labute approximate surface area is 153 Å². The van der Waals surface area contributed by atoms with Crippen LogP contribution in [0.3, 0.4) is 0 Å². The van der Waals surface area contributed by atoms with Crippen LogP contribution in [0.25, 0.3) is 0 Å². The van der Waals surface area contributed by atoms with Crippen LogP contribution >= 0.6 is 11.3 Å². The summed E-state index contributed by atoms with van der Waals surface area (Å²) in [4.78, 5) is 5.54. The number of nitrogens with one attached hydrogen (secondary N) is 2. The Hall–Kier alpha value is -2.26. The number of thiophene rings is 1. The van der Waals surface area contributed by atoms with Crippen molar-refractivity contribution in [2.24, 2.45) is 4.99 Å². The molecule has 3 N–H and O–H groups in total. The second-order valence-corrected chi connectivity index (χ2v) is 6.32. The lowest BCUT2D eigenvalue weighted by atomic mass is 10.1. The van der Waals surface area contributed by atoms with Crippen LogP contribution in [0.1, 0.15) is 23.5 Å². The quantitative estimate of drug-likeness (QED) is 0.503. The molecule has 1 aromatic heterocycles. The minimum atomic E-state index is -4.73. The first-order valence-corrected chi connectivity index (χ1v) is 8.83. The van der Waals surface area contributed by atoms with E-state index < -0.39 is 12.5 Å². The summed E-state index contributed by atoms with van der Waals surface area (Å²) in [6, 6.07) is 9.06. The molecule has 0 saturated heterocycles. The highest BCUT2D eigenvalue weighted by Crippen LogP contribution is 2.24. The SMILES string of the molecule is CCNC(=NCc1cccs1)NCC(O)c1ccc(OC(F)(F)F)cc1. The zero-order chi connectivity index (χ0) is 19.0. The highest BCUT2D eigenvalue weighted by Gasteiger charge is 2.31. The molecule has 2 aromatic rings. The van der Waals surface area contributed by atoms with Crippen molar-refractivity contribution in [3.63, 3.8) is 0 Å². The van der Waals surface area contributed by atoms with Crippen molar-refractivity contribution in [2.75, 3.05) is 13.1 Å². The van der Waals surface area contributed by atoms with Gasteiger partial charge in [-0.05, 0) is 36.1 Å². The predicted molar refractivity (Wildman–Crippen MR) is 95.2 cm³/mol. The Morgan fingerprint density at radius 1 is 1.23 bits per heavy atom. The van der Waals surface area contributed by atoms with Crippen molar-refractivity contribution in [2.45, 2.75) is 25.9 Å². The van der Waals surface area contributed by atoms with E-state index in [2.05, 4.69) is 20.4 Å². The summed E-state index contributed by atoms with van der Waals surface area (Å²) in [5, 5.41) is 18.3. The third kappa shape index (κ3) is 6.93. The van der Waals surface area contributed by atoms with Gasteiger partial charge in [-0.3, -0.25) is 0 Å². The lowest BCUT2D eigenvalue weighted by Gasteiger charge is -2.16. The van der Waals surface area contributed by atoms with Crippen LogP contribution in [-0.2, 0) is 6.54 Å². The minimum Gasteiger partial charge on any atom is -0.406 e. The first kappa shape index (κ1) is 20.1. The third-order valence-electron chi connectivity index (χ3n) is 3.28. The molecule has 1 unspecified atom stereocenters. The van der Waals surface area contributed by atoms with Crippen molar-refractivity contribution in [1.82, 2.24) is 10.6 Å². The topological polar surface area (TPSA) is 65.9 Å². The van der Waals surface area contributed by atoms with E-state index in [1.165, 1.54) is 24.3 Å². The van der Waals surface area contributed by atoms with Gasteiger partial charge in [0.05, 0.1) is 12.6 Å². The number of ether oxygens (including phenoxy) is 1. The van der Waals surface area contributed by atoms with E-state index >= 15 is 0 Å². The van der Waals surface area contributed by atoms with Crippen molar-refractivity contribution < 1.29 is 23.0 Å². The average Bonchev–Trinajstić information content (AvgIpc) is 3.10. The number of halogens is 3. The van der Waals surface area contributed by atoms with Crippen molar-refractivity contribution >= 4 is 17.3 Å². The van der Waals surface area contributed by atoms with Gasteiger partial charge in [0.25, 0.3) is 0 Å². The summed E-state index contributed by atoms with van der Waals surface area (Å²) in [6.45, 7) is 3.27. The Bertz CT molecular complexity index is 688. The number of aliphatic hydroxyl groups excluding tert-OH is 1. The number of hydrogen-bond acceptors (Lipinski definition) is 4. The molecule has 1 aromatic carbocycles. The Kier molecular flexibility index (Phi) is 7.28. The molecule has 0 saturated carbocycles. The number of aliphatic imine (C=N–C) groups is 1. The molecular formula is C17H20F3N3O2S. The smallest absolute Gasteiger partial charge is 0.406 e. The van der Waals surface area contributed by atoms with E-state index in [1.54, 1.807) is 11.3 Å². The fourth-order valence-electron chi connectivity index (χ4n) is 2.10. The van der Waals surface area contributed by atoms with Gasteiger partial charge in [-0.25, -0.2) is 4.99 Å². The van der Waals surface area contributed by atoms with E-state index in [0.29, 0.717) is 24.6 Å². The number of aliphatic hydroxyl groups is 1. The lowest BCUT2D eigenvalue weighted by Crippen LogP contribution is -2.39. The van der Waals surface area contributed by atoms with Gasteiger partial charge in [0, 0.05) is 18.0 Å². The predicted octanol–water partition coefficient (Wildman–Crippen LogP) is 3.44. The van der Waals surface area contributed by atoms with Crippen LogP contribution in [-0.4, -0.2) is 30.5 Å². The van der Waals surface area contributed by atoms with Gasteiger partial charge in [0.2, 0.25) is 0 Å². The van der Waals surface area contributed by atoms with Crippen LogP contribution < -0.4 is 15.4 Å². The largest absolute Gasteiger partial charge is 0.573 e. The third-order valence-corrected chi connectivity index (χ3v) is 4.14. The molecule has 2 rings (SSSR count). The van der Waals surface area contributed by atoms with Crippen LogP contribution in [0.2, 0.25) is 0 Å². The lowest BCUT2D eigenvalue weighted by molar-refractivity contribution is -0.274. The van der Waals surface area contributed by atoms with Crippen LogP contribution in [0.4, 0.5) is 13.2 Å². The van der Waals surface area contributed by atoms with Gasteiger partial charge in [-0.1, -0.05) is 18.2 Å². The second-order valence-electron chi connectivity index (χ2n) is 5.29. The molecule has 1 atom stereocenters. The molecule has 0 aliphatic heterocycles. The van der Waals surface area contributed by atoms with Crippen molar-refractivity contribution in [3.05, 3.63) is 52.2 Å². The molecule has 9 heteroatoms. The van der Waals surface area contributed by atoms with Gasteiger partial charge < -0.3 is 20.5 Å². The molecule has 0 spiro atoms. The fourth-order valence-corrected chi connectivity index (χ4v) is 2.73. The summed E-state index contributed by atoms with van der Waals surface area (Å²) in [6.07, 6.45) is -5.64. The molecule has 142 valence electrons. The molecule has 0 fully saturated rings. The highest BCUT2D eigenvalue weighted by molar-refractivity contribution is 7.09. The monoisotopic (exact) mass is 387 g/mol. The molecule has 0 aliphatic carbocycles. The number of hydrogen-bond donors (Lipinski definition) is 3. The molecule has 0 aliphatic rings. The Morgan fingerprint density at radius 3 is 2.54 bits per heavy atom. The summed E-state index contributed by atoms with van der Waals surface area (Å²) < 4.78 is 40.3. The Morgan fingerprint density at radius 2 is 1.96 bits per heavy atom. The number of benzene rings is 1. The van der Waals surface area contributed by atoms with Gasteiger partial charge in [-0.2, -0.15) is 0 Å². The van der Waals surface area contributed by atoms with Crippen LogP contribution in [0.5, 0.6) is 5.75 Å². The molecule has 1 heterocycles. The standard InChI is InChI=1S/C17H20F3N3O2S/c1-2-21-16(22-10-14-4-3-9-26-14)23-11-15(24)12-5-7-13(8-6-12)25-17(18,19)20/h3-9,15,24H,2,10-11H2,1H3,(H2,21,22,23). The maximum absolute atomic E-state index is 12.2. The minimum absolute atomic E-state index is 0.162. The molecule has 26 heavy (non-hydrogen) atoms. The van der Waals surface area contributed by atoms with E-state index in [0.717, 1.165) is 4.88 Å². The zero-order valence-electron chi connectivity index (χ0n) is 14.1. The van der Waals surface area contributed by atoms with E-state index in [9.17, 15) is 18.3 Å². The molecule has 0 amide bonds. The Balaban J connectivity index is 1.90. The average molecular weight is 387 g/mol. The summed E-state index contributed by atoms with van der Waals surface area (Å²) >= 11 is 1.61. The maximum Gasteiger partial charge on any atom is 0.573 e. The van der Waals surface area contributed by atoms with Gasteiger partial charge in [0.1, 0.15) is 5.75 Å². The molecular weight excluding hydrogens is 367 g/mol. The second kappa shape index (κ2) is 9.44. The van der Waals surface area contributed by atoms with Crippen molar-refractivity contribution in [1.29, 1.82) is 0 Å². The summed E-state index contributed by atoms with van der Waals surface area (Å²) in [7, 11) is 0. The maximum atomic E-state index is 12.2. The van der Waals surface area contributed by atoms with Crippen LogP contribution in [0, 0.1) is 0 Å².